The average molecular weight is 774 g/mol. The Bertz CT molecular complexity index is 2160. The Morgan fingerprint density at radius 2 is 1.76 bits per heavy atom. The van der Waals surface area contributed by atoms with Crippen molar-refractivity contribution in [2.24, 2.45) is 11.3 Å². The normalized spacial score (nSPS) is 24.7. The molecule has 0 radical (unpaired) electrons. The predicted molar refractivity (Wildman–Crippen MR) is 203 cm³/mol. The summed E-state index contributed by atoms with van der Waals surface area (Å²) in [6.45, 7) is 9.03. The van der Waals surface area contributed by atoms with E-state index in [1.54, 1.807) is 46.1 Å². The molecule has 0 unspecified atom stereocenters. The van der Waals surface area contributed by atoms with Crippen LogP contribution in [0.1, 0.15) is 59.3 Å². The number of sulfonamides is 1. The van der Waals surface area contributed by atoms with E-state index >= 15 is 0 Å². The summed E-state index contributed by atoms with van der Waals surface area (Å²) in [7, 11) is -2.36. The van der Waals surface area contributed by atoms with E-state index in [0.29, 0.717) is 40.9 Å². The lowest BCUT2D eigenvalue weighted by atomic mass is 9.85. The monoisotopic (exact) mass is 773 g/mol. The number of fused-ring (bicyclic) bond motifs is 1. The van der Waals surface area contributed by atoms with Crippen LogP contribution in [-0.4, -0.2) is 95.3 Å². The third kappa shape index (κ3) is 7.64. The average Bonchev–Trinajstić information content (AvgIpc) is 4.08. The maximum Gasteiger partial charge on any atom is 0.259 e. The summed E-state index contributed by atoms with van der Waals surface area (Å²) in [6, 6.07) is 14.4. The Labute approximate surface area is 320 Å². The summed E-state index contributed by atoms with van der Waals surface area (Å²) < 4.78 is 39.8. The number of methoxy groups -OCH3 is 1. The number of hydrogen-bond acceptors (Lipinski definition) is 10. The summed E-state index contributed by atoms with van der Waals surface area (Å²) in [5.74, 6) is -2.27. The first-order valence-corrected chi connectivity index (χ1v) is 20.1. The van der Waals surface area contributed by atoms with Gasteiger partial charge in [0, 0.05) is 35.4 Å². The Kier molecular flexibility index (Phi) is 9.69. The molecule has 7 rings (SSSR count). The lowest BCUT2D eigenvalue weighted by Gasteiger charge is -2.36. The molecule has 2 aromatic carbocycles. The number of benzene rings is 2. The SMILES string of the molecule is C=C[C@@H]1C[C@]1(NC(=O)[C@@H]1C[C@@H](Oc2cc(-c3ccccc3)nc3cc(OC)ccc23)CN1C(=O)[C@@H](NC(=O)C1(O)CC1)C(C)(C)C)C(=O)NS(=O)(=O)C1CC1. The van der Waals surface area contributed by atoms with Crippen molar-refractivity contribution in [2.75, 3.05) is 13.7 Å². The van der Waals surface area contributed by atoms with Crippen LogP contribution in [-0.2, 0) is 29.2 Å². The number of carbonyl (C=O) groups excluding carboxylic acids is 4. The maximum atomic E-state index is 14.6. The number of hydrogen-bond donors (Lipinski definition) is 4. The number of nitrogens with zero attached hydrogens (tertiary/aromatic N) is 2. The molecule has 292 valence electrons. The molecule has 0 bridgehead atoms. The van der Waals surface area contributed by atoms with Crippen molar-refractivity contribution < 1.29 is 42.2 Å². The minimum absolute atomic E-state index is 0.00376. The van der Waals surface area contributed by atoms with Gasteiger partial charge in [0.2, 0.25) is 21.8 Å². The molecular formula is C40H47N5O9S. The zero-order valence-electron chi connectivity index (χ0n) is 31.3. The molecule has 1 aliphatic heterocycles. The van der Waals surface area contributed by atoms with Crippen molar-refractivity contribution in [2.45, 2.75) is 93.9 Å². The molecule has 14 nitrogen and oxygen atoms in total. The van der Waals surface area contributed by atoms with Crippen LogP contribution >= 0.6 is 0 Å². The molecule has 4 aliphatic rings. The van der Waals surface area contributed by atoms with Crippen LogP contribution in [0.5, 0.6) is 11.5 Å². The minimum atomic E-state index is -3.92. The fraction of sp³-hybridized carbons (Fsp3) is 0.475. The van der Waals surface area contributed by atoms with Crippen LogP contribution in [0.2, 0.25) is 0 Å². The molecule has 3 aromatic rings. The van der Waals surface area contributed by atoms with Gasteiger partial charge in [-0.05, 0) is 49.7 Å². The maximum absolute atomic E-state index is 14.6. The lowest BCUT2D eigenvalue weighted by molar-refractivity contribution is -0.146. The van der Waals surface area contributed by atoms with Crippen LogP contribution in [0.4, 0.5) is 0 Å². The van der Waals surface area contributed by atoms with Crippen molar-refractivity contribution in [1.29, 1.82) is 0 Å². The second kappa shape index (κ2) is 13.9. The molecule has 4 fully saturated rings. The Balaban J connectivity index is 1.22. The van der Waals surface area contributed by atoms with Gasteiger partial charge >= 0.3 is 0 Å². The number of nitrogens with one attached hydrogen (secondary N) is 3. The van der Waals surface area contributed by atoms with Crippen molar-refractivity contribution >= 4 is 44.6 Å². The Morgan fingerprint density at radius 1 is 1.05 bits per heavy atom. The summed E-state index contributed by atoms with van der Waals surface area (Å²) in [6.07, 6.45) is 2.33. The smallest absolute Gasteiger partial charge is 0.259 e. The third-order valence-corrected chi connectivity index (χ3v) is 12.8. The molecule has 4 N–H and O–H groups in total. The molecule has 3 saturated carbocycles. The molecule has 1 saturated heterocycles. The second-order valence-electron chi connectivity index (χ2n) is 16.2. The summed E-state index contributed by atoms with van der Waals surface area (Å²) >= 11 is 0. The van der Waals surface area contributed by atoms with Crippen molar-refractivity contribution in [3.8, 4) is 22.8 Å². The van der Waals surface area contributed by atoms with Gasteiger partial charge in [0.05, 0.1) is 30.1 Å². The fourth-order valence-electron chi connectivity index (χ4n) is 7.16. The molecule has 2 heterocycles. The quantitative estimate of drug-likeness (QED) is 0.188. The van der Waals surface area contributed by atoms with E-state index in [2.05, 4.69) is 21.9 Å². The number of aliphatic hydroxyl groups is 1. The van der Waals surface area contributed by atoms with E-state index in [4.69, 9.17) is 14.5 Å². The van der Waals surface area contributed by atoms with Crippen molar-refractivity contribution in [3.63, 3.8) is 0 Å². The van der Waals surface area contributed by atoms with E-state index in [1.165, 1.54) is 11.0 Å². The first-order chi connectivity index (χ1) is 26.0. The highest BCUT2D eigenvalue weighted by Gasteiger charge is 2.62. The molecule has 4 amide bonds. The van der Waals surface area contributed by atoms with Gasteiger partial charge in [0.25, 0.3) is 11.8 Å². The number of amides is 4. The van der Waals surface area contributed by atoms with Gasteiger partial charge in [0.15, 0.2) is 0 Å². The van der Waals surface area contributed by atoms with Gasteiger partial charge in [-0.3, -0.25) is 23.9 Å². The predicted octanol–water partition coefficient (Wildman–Crippen LogP) is 2.98. The standard InChI is InChI=1S/C40H47N5O9S/c1-6-24-21-40(24,37(49)44-55(51,52)27-13-14-27)43-34(46)31-19-26(22-45(31)35(47)33(38(2,3)4)42-36(48)39(50)16-17-39)54-32-20-29(23-10-8-7-9-11-23)41-30-18-25(53-5)12-15-28(30)32/h6-12,15,18,20,24,26-27,31,33,50H,1,13-14,16-17,19,21-22H2,2-5H3,(H,42,48)(H,43,46)(H,44,49)/t24-,26-,31+,33-,40-/m1/s1. The third-order valence-electron chi connectivity index (χ3n) is 11.0. The number of likely N-dealkylation sites (tertiary alicyclic amines) is 1. The van der Waals surface area contributed by atoms with Crippen LogP contribution in [0.3, 0.4) is 0 Å². The number of aromatic nitrogens is 1. The summed E-state index contributed by atoms with van der Waals surface area (Å²) in [5, 5.41) is 16.1. The van der Waals surface area contributed by atoms with Gasteiger partial charge in [-0.15, -0.1) is 6.58 Å². The molecule has 15 heteroatoms. The van der Waals surface area contributed by atoms with E-state index in [1.807, 2.05) is 36.4 Å². The highest BCUT2D eigenvalue weighted by atomic mass is 32.2. The molecule has 55 heavy (non-hydrogen) atoms. The summed E-state index contributed by atoms with van der Waals surface area (Å²) in [4.78, 5) is 61.9. The van der Waals surface area contributed by atoms with Crippen molar-refractivity contribution in [3.05, 3.63) is 67.3 Å². The van der Waals surface area contributed by atoms with Crippen LogP contribution < -0.4 is 24.8 Å². The van der Waals surface area contributed by atoms with Crippen molar-refractivity contribution in [1.82, 2.24) is 25.2 Å². The Morgan fingerprint density at radius 3 is 2.36 bits per heavy atom. The van der Waals surface area contributed by atoms with E-state index in [9.17, 15) is 32.7 Å². The highest BCUT2D eigenvalue weighted by molar-refractivity contribution is 7.91. The molecule has 3 aliphatic carbocycles. The number of ether oxygens (including phenoxy) is 2. The van der Waals surface area contributed by atoms with Crippen LogP contribution in [0.25, 0.3) is 22.2 Å². The minimum Gasteiger partial charge on any atom is -0.497 e. The van der Waals surface area contributed by atoms with E-state index in [-0.39, 0.29) is 32.2 Å². The molecule has 5 atom stereocenters. The summed E-state index contributed by atoms with van der Waals surface area (Å²) in [5.41, 5.74) is -1.90. The van der Waals surface area contributed by atoms with Gasteiger partial charge in [0.1, 0.15) is 40.8 Å². The van der Waals surface area contributed by atoms with Gasteiger partial charge in [-0.25, -0.2) is 13.4 Å². The van der Waals surface area contributed by atoms with Gasteiger partial charge in [-0.2, -0.15) is 0 Å². The number of pyridine rings is 1. The fourth-order valence-corrected chi connectivity index (χ4v) is 8.52. The molecule has 0 spiro atoms. The van der Waals surface area contributed by atoms with E-state index < -0.39 is 79.6 Å². The van der Waals surface area contributed by atoms with E-state index in [0.717, 1.165) is 5.56 Å². The highest BCUT2D eigenvalue weighted by Crippen LogP contribution is 2.46. The zero-order valence-corrected chi connectivity index (χ0v) is 32.1. The van der Waals surface area contributed by atoms with Crippen LogP contribution in [0, 0.1) is 11.3 Å². The number of rotatable bonds is 13. The number of carbonyl (C=O) groups is 4. The second-order valence-corrected chi connectivity index (χ2v) is 18.2. The first kappa shape index (κ1) is 38.3. The Hall–Kier alpha value is -5.02. The topological polar surface area (TPSA) is 193 Å². The largest absolute Gasteiger partial charge is 0.497 e. The molecule has 1 aromatic heterocycles. The van der Waals surface area contributed by atoms with Gasteiger partial charge < -0.3 is 30.1 Å². The van der Waals surface area contributed by atoms with Crippen LogP contribution in [0.15, 0.2) is 67.3 Å². The first-order valence-electron chi connectivity index (χ1n) is 18.5. The van der Waals surface area contributed by atoms with Gasteiger partial charge in [-0.1, -0.05) is 57.2 Å². The lowest BCUT2D eigenvalue weighted by Crippen LogP contribution is -2.61. The molecular weight excluding hydrogens is 727 g/mol. The zero-order chi connectivity index (χ0) is 39.5.